The Kier molecular flexibility index (Phi) is 3.11. The molecule has 2 rings (SSSR count). The van der Waals surface area contributed by atoms with Crippen LogP contribution in [0.2, 0.25) is 0 Å². The summed E-state index contributed by atoms with van der Waals surface area (Å²) in [4.78, 5) is 24.1. The van der Waals surface area contributed by atoms with Gasteiger partial charge >= 0.3 is 5.97 Å². The second kappa shape index (κ2) is 4.39. The van der Waals surface area contributed by atoms with Crippen LogP contribution in [0.3, 0.4) is 0 Å². The number of β-amino-alcohol motifs (C(OH)–C–C–N with tert-alkyl or cyclic N) is 1. The highest BCUT2D eigenvalue weighted by molar-refractivity contribution is 5.86. The van der Waals surface area contributed by atoms with Crippen molar-refractivity contribution in [3.8, 4) is 0 Å². The molecule has 0 aromatic rings. The zero-order chi connectivity index (χ0) is 11.7. The molecule has 0 aromatic carbocycles. The number of amides is 1. The molecule has 16 heavy (non-hydrogen) atoms. The molecule has 0 radical (unpaired) electrons. The van der Waals surface area contributed by atoms with E-state index in [9.17, 15) is 14.7 Å². The lowest BCUT2D eigenvalue weighted by Gasteiger charge is -2.23. The van der Waals surface area contributed by atoms with Crippen LogP contribution in [0.1, 0.15) is 19.3 Å². The molecule has 1 aliphatic carbocycles. The largest absolute Gasteiger partial charge is 0.480 e. The van der Waals surface area contributed by atoms with Crippen LogP contribution in [0.15, 0.2) is 0 Å². The van der Waals surface area contributed by atoms with Crippen molar-refractivity contribution >= 4 is 11.9 Å². The van der Waals surface area contributed by atoms with Gasteiger partial charge in [0.05, 0.1) is 12.1 Å². The fourth-order valence-electron chi connectivity index (χ4n) is 2.02. The third kappa shape index (κ3) is 2.51. The van der Waals surface area contributed by atoms with E-state index in [1.165, 1.54) is 4.90 Å². The molecule has 6 nitrogen and oxygen atoms in total. The van der Waals surface area contributed by atoms with E-state index >= 15 is 0 Å². The number of rotatable bonds is 4. The van der Waals surface area contributed by atoms with Gasteiger partial charge in [-0.25, -0.2) is 0 Å². The zero-order valence-corrected chi connectivity index (χ0v) is 8.93. The SMILES string of the molecule is O=C(O)CN(C(=O)C1CC(O)CN1)C1CC1. The lowest BCUT2D eigenvalue weighted by molar-refractivity contribution is -0.145. The highest BCUT2D eigenvalue weighted by Crippen LogP contribution is 2.28. The number of hydrogen-bond donors (Lipinski definition) is 3. The molecule has 1 aliphatic heterocycles. The average Bonchev–Trinajstić information content (AvgIpc) is 2.96. The molecule has 90 valence electrons. The number of carboxylic acid groups (broad SMARTS) is 1. The van der Waals surface area contributed by atoms with Gasteiger partial charge in [-0.3, -0.25) is 9.59 Å². The molecular weight excluding hydrogens is 212 g/mol. The number of nitrogens with one attached hydrogen (secondary N) is 1. The molecule has 1 amide bonds. The number of aliphatic hydroxyl groups is 1. The Labute approximate surface area is 93.2 Å². The highest BCUT2D eigenvalue weighted by atomic mass is 16.4. The van der Waals surface area contributed by atoms with Gasteiger partial charge in [0.1, 0.15) is 6.54 Å². The van der Waals surface area contributed by atoms with E-state index < -0.39 is 18.1 Å². The molecule has 3 N–H and O–H groups in total. The third-order valence-corrected chi connectivity index (χ3v) is 2.98. The summed E-state index contributed by atoms with van der Waals surface area (Å²) in [6.45, 7) is 0.166. The van der Waals surface area contributed by atoms with Crippen LogP contribution >= 0.6 is 0 Å². The summed E-state index contributed by atoms with van der Waals surface area (Å²) in [5.74, 6) is -1.18. The van der Waals surface area contributed by atoms with Gasteiger partial charge in [-0.05, 0) is 19.3 Å². The van der Waals surface area contributed by atoms with Crippen molar-refractivity contribution < 1.29 is 19.8 Å². The van der Waals surface area contributed by atoms with E-state index in [4.69, 9.17) is 5.11 Å². The molecule has 2 unspecified atom stereocenters. The summed E-state index contributed by atoms with van der Waals surface area (Å²) >= 11 is 0. The summed E-state index contributed by atoms with van der Waals surface area (Å²) in [5, 5.41) is 21.0. The van der Waals surface area contributed by atoms with Crippen LogP contribution in [-0.2, 0) is 9.59 Å². The van der Waals surface area contributed by atoms with Gasteiger partial charge in [0.15, 0.2) is 0 Å². The van der Waals surface area contributed by atoms with Gasteiger partial charge < -0.3 is 20.4 Å². The highest BCUT2D eigenvalue weighted by Gasteiger charge is 2.39. The minimum absolute atomic E-state index is 0.0862. The number of hydrogen-bond acceptors (Lipinski definition) is 4. The zero-order valence-electron chi connectivity index (χ0n) is 8.93. The second-order valence-corrected chi connectivity index (χ2v) is 4.44. The second-order valence-electron chi connectivity index (χ2n) is 4.44. The number of carbonyl (C=O) groups is 2. The van der Waals surface area contributed by atoms with Crippen LogP contribution in [0.5, 0.6) is 0 Å². The van der Waals surface area contributed by atoms with E-state index in [1.54, 1.807) is 0 Å². The van der Waals surface area contributed by atoms with Crippen LogP contribution < -0.4 is 5.32 Å². The van der Waals surface area contributed by atoms with Crippen molar-refractivity contribution in [3.05, 3.63) is 0 Å². The third-order valence-electron chi connectivity index (χ3n) is 2.98. The van der Waals surface area contributed by atoms with Crippen LogP contribution in [0.4, 0.5) is 0 Å². The fraction of sp³-hybridized carbons (Fsp3) is 0.800. The monoisotopic (exact) mass is 228 g/mol. The smallest absolute Gasteiger partial charge is 0.323 e. The predicted octanol–water partition coefficient (Wildman–Crippen LogP) is -1.22. The van der Waals surface area contributed by atoms with Gasteiger partial charge in [-0.1, -0.05) is 0 Å². The van der Waals surface area contributed by atoms with E-state index in [1.807, 2.05) is 0 Å². The van der Waals surface area contributed by atoms with Crippen molar-refractivity contribution in [1.82, 2.24) is 10.2 Å². The molecule has 0 aromatic heterocycles. The maximum absolute atomic E-state index is 12.0. The van der Waals surface area contributed by atoms with E-state index in [-0.39, 0.29) is 18.5 Å². The van der Waals surface area contributed by atoms with Crippen molar-refractivity contribution in [3.63, 3.8) is 0 Å². The molecule has 0 spiro atoms. The molecule has 1 heterocycles. The first-order chi connectivity index (χ1) is 7.58. The normalized spacial score (nSPS) is 29.1. The molecule has 2 fully saturated rings. The van der Waals surface area contributed by atoms with Crippen LogP contribution in [0, 0.1) is 0 Å². The van der Waals surface area contributed by atoms with Crippen molar-refractivity contribution in [2.45, 2.75) is 37.5 Å². The van der Waals surface area contributed by atoms with Crippen LogP contribution in [-0.4, -0.2) is 58.3 Å². The fourth-order valence-corrected chi connectivity index (χ4v) is 2.02. The van der Waals surface area contributed by atoms with Gasteiger partial charge in [-0.15, -0.1) is 0 Å². The molecular formula is C10H16N2O4. The number of aliphatic carboxylic acids is 1. The Hall–Kier alpha value is -1.14. The minimum atomic E-state index is -0.987. The standard InChI is InChI=1S/C10H16N2O4/c13-7-3-8(11-4-7)10(16)12(5-9(14)15)6-1-2-6/h6-8,11,13H,1-5H2,(H,14,15). The van der Waals surface area contributed by atoms with Gasteiger partial charge in [0.25, 0.3) is 0 Å². The average molecular weight is 228 g/mol. The predicted molar refractivity (Wildman–Crippen MR) is 54.8 cm³/mol. The van der Waals surface area contributed by atoms with Crippen molar-refractivity contribution in [2.75, 3.05) is 13.1 Å². The van der Waals surface area contributed by atoms with Crippen molar-refractivity contribution in [2.24, 2.45) is 0 Å². The van der Waals surface area contributed by atoms with Gasteiger partial charge in [0.2, 0.25) is 5.91 Å². The molecule has 1 saturated carbocycles. The van der Waals surface area contributed by atoms with E-state index in [0.717, 1.165) is 12.8 Å². The number of carboxylic acids is 1. The first kappa shape index (κ1) is 11.3. The molecule has 2 atom stereocenters. The maximum atomic E-state index is 12.0. The summed E-state index contributed by atoms with van der Waals surface area (Å²) in [5.41, 5.74) is 0. The minimum Gasteiger partial charge on any atom is -0.480 e. The summed E-state index contributed by atoms with van der Waals surface area (Å²) in [6, 6.07) is -0.335. The molecule has 2 aliphatic rings. The Morgan fingerprint density at radius 2 is 2.06 bits per heavy atom. The Bertz CT molecular complexity index is 303. The molecule has 0 bridgehead atoms. The molecule has 6 heteroatoms. The number of carbonyl (C=O) groups excluding carboxylic acids is 1. The van der Waals surface area contributed by atoms with Gasteiger partial charge in [-0.2, -0.15) is 0 Å². The van der Waals surface area contributed by atoms with Crippen molar-refractivity contribution in [1.29, 1.82) is 0 Å². The topological polar surface area (TPSA) is 89.9 Å². The number of aliphatic hydroxyl groups excluding tert-OH is 1. The number of nitrogens with zero attached hydrogens (tertiary/aromatic N) is 1. The lowest BCUT2D eigenvalue weighted by Crippen LogP contribution is -2.46. The summed E-state index contributed by atoms with van der Waals surface area (Å²) in [6.07, 6.45) is 1.64. The Balaban J connectivity index is 1.96. The van der Waals surface area contributed by atoms with E-state index in [2.05, 4.69) is 5.32 Å². The first-order valence-electron chi connectivity index (χ1n) is 5.51. The van der Waals surface area contributed by atoms with E-state index in [0.29, 0.717) is 13.0 Å². The van der Waals surface area contributed by atoms with Crippen LogP contribution in [0.25, 0.3) is 0 Å². The summed E-state index contributed by atoms with van der Waals surface area (Å²) < 4.78 is 0. The Morgan fingerprint density at radius 1 is 1.38 bits per heavy atom. The lowest BCUT2D eigenvalue weighted by atomic mass is 10.2. The maximum Gasteiger partial charge on any atom is 0.323 e. The molecule has 1 saturated heterocycles. The van der Waals surface area contributed by atoms with Gasteiger partial charge in [0, 0.05) is 12.6 Å². The summed E-state index contributed by atoms with van der Waals surface area (Å²) in [7, 11) is 0. The quantitative estimate of drug-likeness (QED) is 0.561. The first-order valence-corrected chi connectivity index (χ1v) is 5.51. The Morgan fingerprint density at radius 3 is 2.50 bits per heavy atom.